The van der Waals surface area contributed by atoms with Crippen LogP contribution in [0.25, 0.3) is 0 Å². The Kier molecular flexibility index (Phi) is 4.64. The molecule has 2 saturated heterocycles. The summed E-state index contributed by atoms with van der Waals surface area (Å²) in [6.07, 6.45) is 2.00. The topological polar surface area (TPSA) is 181 Å². The number of primary amides is 2. The van der Waals surface area contributed by atoms with Crippen molar-refractivity contribution < 1.29 is 33.9 Å². The van der Waals surface area contributed by atoms with Gasteiger partial charge in [0.15, 0.2) is 0 Å². The van der Waals surface area contributed by atoms with Crippen LogP contribution in [0.4, 0.5) is 9.59 Å². The van der Waals surface area contributed by atoms with Crippen LogP contribution in [0.2, 0.25) is 0 Å². The second-order valence-electron chi connectivity index (χ2n) is 9.27. The molecule has 6 atom stereocenters. The predicted octanol–water partition coefficient (Wildman–Crippen LogP) is 0.494. The van der Waals surface area contributed by atoms with Crippen molar-refractivity contribution in [1.29, 1.82) is 0 Å². The fourth-order valence-corrected chi connectivity index (χ4v) is 6.27. The van der Waals surface area contributed by atoms with E-state index in [1.165, 1.54) is 6.07 Å². The first kappa shape index (κ1) is 21.8. The van der Waals surface area contributed by atoms with Gasteiger partial charge in [0.05, 0.1) is 23.7 Å². The average molecular weight is 466 g/mol. The number of carbonyl (C=O) groups is 6. The van der Waals surface area contributed by atoms with Gasteiger partial charge in [-0.05, 0) is 42.9 Å². The van der Waals surface area contributed by atoms with Crippen LogP contribution in [-0.2, 0) is 19.2 Å². The number of phenols is 1. The minimum atomic E-state index is -1.17. The van der Waals surface area contributed by atoms with E-state index in [2.05, 4.69) is 0 Å². The maximum atomic E-state index is 13.2. The third-order valence-electron chi connectivity index (χ3n) is 7.67. The molecular formula is C23H22N4O7. The van der Waals surface area contributed by atoms with Gasteiger partial charge in [0.2, 0.25) is 23.6 Å². The molecule has 4 aliphatic rings. The van der Waals surface area contributed by atoms with E-state index < -0.39 is 71.2 Å². The highest BCUT2D eigenvalue weighted by molar-refractivity contribution is 6.18. The number of urea groups is 2. The average Bonchev–Trinajstić information content (AvgIpc) is 3.18. The summed E-state index contributed by atoms with van der Waals surface area (Å²) in [7, 11) is 0. The van der Waals surface area contributed by atoms with Crippen LogP contribution in [0.15, 0.2) is 29.8 Å². The minimum absolute atomic E-state index is 0.0468. The van der Waals surface area contributed by atoms with Gasteiger partial charge < -0.3 is 16.6 Å². The maximum Gasteiger partial charge on any atom is 0.328 e. The van der Waals surface area contributed by atoms with Crippen molar-refractivity contribution in [3.05, 3.63) is 41.0 Å². The molecule has 0 spiro atoms. The summed E-state index contributed by atoms with van der Waals surface area (Å²) in [5.74, 6) is -7.69. The Bertz CT molecular complexity index is 1240. The number of benzene rings is 1. The fraction of sp³-hybridized carbons (Fsp3) is 0.391. The predicted molar refractivity (Wildman–Crippen MR) is 113 cm³/mol. The Morgan fingerprint density at radius 3 is 2.06 bits per heavy atom. The number of hydrogen-bond donors (Lipinski definition) is 3. The second-order valence-corrected chi connectivity index (χ2v) is 9.27. The molecule has 0 radical (unpaired) electrons. The molecule has 1 saturated carbocycles. The molecule has 11 heteroatoms. The summed E-state index contributed by atoms with van der Waals surface area (Å²) in [6.45, 7) is 1.68. The third kappa shape index (κ3) is 2.76. The number of hydrogen-bond acceptors (Lipinski definition) is 7. The number of nitrogens with zero attached hydrogens (tertiary/aromatic N) is 2. The summed E-state index contributed by atoms with van der Waals surface area (Å²) in [5, 5.41) is 10.0. The van der Waals surface area contributed by atoms with Gasteiger partial charge in [-0.25, -0.2) is 9.59 Å². The van der Waals surface area contributed by atoms with E-state index in [1.54, 1.807) is 25.1 Å². The van der Waals surface area contributed by atoms with Crippen molar-refractivity contribution in [3.63, 3.8) is 0 Å². The van der Waals surface area contributed by atoms with Crippen molar-refractivity contribution >= 4 is 35.7 Å². The van der Waals surface area contributed by atoms with Gasteiger partial charge in [-0.15, -0.1) is 0 Å². The number of imide groups is 6. The Morgan fingerprint density at radius 2 is 1.47 bits per heavy atom. The fourth-order valence-electron chi connectivity index (χ4n) is 6.27. The van der Waals surface area contributed by atoms with Crippen molar-refractivity contribution in [1.82, 2.24) is 9.80 Å². The van der Waals surface area contributed by atoms with Crippen LogP contribution in [0, 0.1) is 36.5 Å². The highest BCUT2D eigenvalue weighted by atomic mass is 16.3. The maximum absolute atomic E-state index is 13.2. The molecule has 0 bridgehead atoms. The van der Waals surface area contributed by atoms with Crippen molar-refractivity contribution in [3.8, 4) is 5.75 Å². The molecule has 5 N–H and O–H groups in total. The van der Waals surface area contributed by atoms with Crippen molar-refractivity contribution in [2.24, 2.45) is 41.1 Å². The Balaban J connectivity index is 1.66. The molecule has 2 aliphatic carbocycles. The Morgan fingerprint density at radius 1 is 0.882 bits per heavy atom. The molecular weight excluding hydrogens is 444 g/mol. The quantitative estimate of drug-likeness (QED) is 0.398. The number of aromatic hydroxyl groups is 1. The van der Waals surface area contributed by atoms with Crippen LogP contribution < -0.4 is 11.5 Å². The van der Waals surface area contributed by atoms with Gasteiger partial charge in [0, 0.05) is 5.92 Å². The number of allylic oxidation sites excluding steroid dienone is 2. The van der Waals surface area contributed by atoms with Gasteiger partial charge in [-0.1, -0.05) is 23.8 Å². The minimum Gasteiger partial charge on any atom is -0.508 e. The summed E-state index contributed by atoms with van der Waals surface area (Å²) >= 11 is 0. The normalized spacial score (nSPS) is 32.3. The van der Waals surface area contributed by atoms with E-state index in [4.69, 9.17) is 11.5 Å². The molecule has 6 unspecified atom stereocenters. The monoisotopic (exact) mass is 466 g/mol. The third-order valence-corrected chi connectivity index (χ3v) is 7.67. The van der Waals surface area contributed by atoms with Crippen LogP contribution >= 0.6 is 0 Å². The first-order chi connectivity index (χ1) is 16.0. The zero-order chi connectivity index (χ0) is 24.6. The molecule has 34 heavy (non-hydrogen) atoms. The highest BCUT2D eigenvalue weighted by Gasteiger charge is 2.63. The number of nitrogens with two attached hydrogens (primary N) is 2. The van der Waals surface area contributed by atoms with Gasteiger partial charge in [-0.3, -0.25) is 19.2 Å². The molecule has 0 aromatic heterocycles. The van der Waals surface area contributed by atoms with Crippen LogP contribution in [-0.4, -0.2) is 50.6 Å². The molecule has 1 aromatic carbocycles. The number of aryl methyl sites for hydroxylation is 1. The summed E-state index contributed by atoms with van der Waals surface area (Å²) in [5.41, 5.74) is 12.5. The lowest BCUT2D eigenvalue weighted by molar-refractivity contribution is -0.138. The largest absolute Gasteiger partial charge is 0.508 e. The zero-order valence-corrected chi connectivity index (χ0v) is 18.1. The lowest BCUT2D eigenvalue weighted by atomic mass is 9.57. The lowest BCUT2D eigenvalue weighted by Gasteiger charge is -2.44. The van der Waals surface area contributed by atoms with E-state index in [1.807, 2.05) is 0 Å². The molecule has 176 valence electrons. The summed E-state index contributed by atoms with van der Waals surface area (Å²) in [4.78, 5) is 76.8. The first-order valence-electron chi connectivity index (χ1n) is 10.9. The van der Waals surface area contributed by atoms with Gasteiger partial charge in [0.25, 0.3) is 0 Å². The number of carbonyl (C=O) groups excluding carboxylic acids is 6. The standard InChI is InChI=1S/C23H22N4O7/c1-8-6-9(2-5-14(8)28)15-10-3-4-11-16(20(31)26(18(11)29)22(24)33)12(10)7-13-17(15)21(32)27(19(13)30)23(25)34/h2-3,5-6,11-13,15-17,28H,4,7H2,1H3,(H2,24,33)(H2,25,34). The molecule has 2 heterocycles. The number of rotatable bonds is 1. The highest BCUT2D eigenvalue weighted by Crippen LogP contribution is 2.57. The molecule has 2 aliphatic heterocycles. The van der Waals surface area contributed by atoms with E-state index in [-0.39, 0.29) is 18.6 Å². The molecule has 11 nitrogen and oxygen atoms in total. The summed E-state index contributed by atoms with van der Waals surface area (Å²) < 4.78 is 0. The lowest BCUT2D eigenvalue weighted by Crippen LogP contribution is -2.44. The smallest absolute Gasteiger partial charge is 0.328 e. The van der Waals surface area contributed by atoms with E-state index in [9.17, 15) is 33.9 Å². The molecule has 1 aromatic rings. The Hall–Kier alpha value is -4.02. The number of likely N-dealkylation sites (tertiary alicyclic amines) is 2. The van der Waals surface area contributed by atoms with Gasteiger partial charge in [-0.2, -0.15) is 9.80 Å². The molecule has 3 fully saturated rings. The van der Waals surface area contributed by atoms with Gasteiger partial charge >= 0.3 is 12.1 Å². The first-order valence-corrected chi connectivity index (χ1v) is 10.9. The molecule has 5 rings (SSSR count). The Labute approximate surface area is 193 Å². The van der Waals surface area contributed by atoms with Crippen LogP contribution in [0.1, 0.15) is 29.9 Å². The zero-order valence-electron chi connectivity index (χ0n) is 18.1. The number of amides is 8. The van der Waals surface area contributed by atoms with Crippen LogP contribution in [0.3, 0.4) is 0 Å². The van der Waals surface area contributed by atoms with Crippen molar-refractivity contribution in [2.45, 2.75) is 25.7 Å². The summed E-state index contributed by atoms with van der Waals surface area (Å²) in [6, 6.07) is 2.46. The van der Waals surface area contributed by atoms with E-state index in [0.29, 0.717) is 26.5 Å². The van der Waals surface area contributed by atoms with E-state index in [0.717, 1.165) is 0 Å². The van der Waals surface area contributed by atoms with Crippen molar-refractivity contribution in [2.75, 3.05) is 0 Å². The molecule has 8 amide bonds. The van der Waals surface area contributed by atoms with Gasteiger partial charge in [0.1, 0.15) is 5.75 Å². The second kappa shape index (κ2) is 7.24. The van der Waals surface area contributed by atoms with Crippen LogP contribution in [0.5, 0.6) is 5.75 Å². The number of fused-ring (bicyclic) bond motifs is 4. The van der Waals surface area contributed by atoms with E-state index >= 15 is 0 Å². The number of phenolic OH excluding ortho intramolecular Hbond substituents is 1. The SMILES string of the molecule is Cc1cc(C2C3=CCC4C(=O)N(C(N)=O)C(=O)C4C3CC3C(=O)N(C(N)=O)C(=O)C32)ccc1O.